The lowest BCUT2D eigenvalue weighted by atomic mass is 10.1. The van der Waals surface area contributed by atoms with Gasteiger partial charge < -0.3 is 9.84 Å². The van der Waals surface area contributed by atoms with E-state index in [0.29, 0.717) is 29.7 Å². The third-order valence-electron chi connectivity index (χ3n) is 3.24. The highest BCUT2D eigenvalue weighted by molar-refractivity contribution is 6.30. The van der Waals surface area contributed by atoms with Gasteiger partial charge in [-0.05, 0) is 24.5 Å². The molecular formula is C14H15ClFN3O. The van der Waals surface area contributed by atoms with Crippen LogP contribution in [-0.4, -0.2) is 22.7 Å². The van der Waals surface area contributed by atoms with Gasteiger partial charge in [0, 0.05) is 25.4 Å². The number of hydrogen-bond donors (Lipinski definition) is 1. The van der Waals surface area contributed by atoms with Gasteiger partial charge in [0.25, 0.3) is 0 Å². The fourth-order valence-corrected chi connectivity index (χ4v) is 2.18. The van der Waals surface area contributed by atoms with Crippen LogP contribution in [0.4, 0.5) is 4.39 Å². The van der Waals surface area contributed by atoms with Crippen LogP contribution in [0.3, 0.4) is 0 Å². The quantitative estimate of drug-likeness (QED) is 0.890. The van der Waals surface area contributed by atoms with Crippen molar-refractivity contribution in [2.75, 3.05) is 6.54 Å². The number of nitrogens with zero attached hydrogens (tertiary/aromatic N) is 2. The lowest BCUT2D eigenvalue weighted by Crippen LogP contribution is -2.19. The average Bonchev–Trinajstić information content (AvgIpc) is 3.15. The standard InChI is InChI=1S/C14H15ClFN3O/c15-11-3-1-2-9(14(11)16)8-12-18-13(20-19-12)6-7-17-10-4-5-10/h1-3,10,17H,4-8H2. The number of aromatic nitrogens is 2. The van der Waals surface area contributed by atoms with Crippen LogP contribution in [0, 0.1) is 5.82 Å². The first-order valence-electron chi connectivity index (χ1n) is 6.70. The Morgan fingerprint density at radius 1 is 1.40 bits per heavy atom. The van der Waals surface area contributed by atoms with Crippen LogP contribution in [0.2, 0.25) is 5.02 Å². The van der Waals surface area contributed by atoms with E-state index in [-0.39, 0.29) is 11.4 Å². The molecule has 0 aliphatic heterocycles. The second-order valence-electron chi connectivity index (χ2n) is 4.97. The van der Waals surface area contributed by atoms with Crippen LogP contribution >= 0.6 is 11.6 Å². The van der Waals surface area contributed by atoms with Crippen LogP contribution in [-0.2, 0) is 12.8 Å². The van der Waals surface area contributed by atoms with Crippen LogP contribution in [0.25, 0.3) is 0 Å². The van der Waals surface area contributed by atoms with Crippen molar-refractivity contribution in [1.82, 2.24) is 15.5 Å². The predicted molar refractivity (Wildman–Crippen MR) is 73.2 cm³/mol. The van der Waals surface area contributed by atoms with E-state index in [2.05, 4.69) is 15.5 Å². The molecule has 1 aliphatic rings. The van der Waals surface area contributed by atoms with Crippen molar-refractivity contribution in [1.29, 1.82) is 0 Å². The lowest BCUT2D eigenvalue weighted by molar-refractivity contribution is 0.371. The molecule has 1 fully saturated rings. The molecule has 1 aliphatic carbocycles. The van der Waals surface area contributed by atoms with E-state index in [1.807, 2.05) is 0 Å². The van der Waals surface area contributed by atoms with Crippen molar-refractivity contribution in [3.63, 3.8) is 0 Å². The summed E-state index contributed by atoms with van der Waals surface area (Å²) in [6.45, 7) is 0.831. The summed E-state index contributed by atoms with van der Waals surface area (Å²) >= 11 is 5.74. The van der Waals surface area contributed by atoms with Crippen LogP contribution < -0.4 is 5.32 Å². The fourth-order valence-electron chi connectivity index (χ4n) is 1.99. The van der Waals surface area contributed by atoms with E-state index in [9.17, 15) is 4.39 Å². The smallest absolute Gasteiger partial charge is 0.227 e. The number of halogens is 2. The highest BCUT2D eigenvalue weighted by Gasteiger charge is 2.20. The molecule has 0 bridgehead atoms. The molecule has 2 aromatic rings. The summed E-state index contributed by atoms with van der Waals surface area (Å²) in [5.74, 6) is 0.638. The molecule has 0 spiro atoms. The molecule has 6 heteroatoms. The fraction of sp³-hybridized carbons (Fsp3) is 0.429. The third kappa shape index (κ3) is 3.35. The Hall–Kier alpha value is -1.46. The van der Waals surface area contributed by atoms with E-state index >= 15 is 0 Å². The minimum Gasteiger partial charge on any atom is -0.339 e. The van der Waals surface area contributed by atoms with Crippen molar-refractivity contribution in [3.8, 4) is 0 Å². The number of benzene rings is 1. The van der Waals surface area contributed by atoms with Crippen LogP contribution in [0.5, 0.6) is 0 Å². The minimum atomic E-state index is -0.420. The van der Waals surface area contributed by atoms with Gasteiger partial charge in [0.15, 0.2) is 5.82 Å². The van der Waals surface area contributed by atoms with Gasteiger partial charge in [0.2, 0.25) is 5.89 Å². The Kier molecular flexibility index (Phi) is 3.98. The molecule has 106 valence electrons. The van der Waals surface area contributed by atoms with Crippen molar-refractivity contribution in [2.45, 2.75) is 31.7 Å². The van der Waals surface area contributed by atoms with Gasteiger partial charge in [-0.3, -0.25) is 0 Å². The minimum absolute atomic E-state index is 0.111. The summed E-state index contributed by atoms with van der Waals surface area (Å²) in [5, 5.41) is 7.36. The lowest BCUT2D eigenvalue weighted by Gasteiger charge is -2.00. The van der Waals surface area contributed by atoms with Gasteiger partial charge in [-0.15, -0.1) is 0 Å². The maximum absolute atomic E-state index is 13.8. The van der Waals surface area contributed by atoms with Gasteiger partial charge in [0.05, 0.1) is 5.02 Å². The summed E-state index contributed by atoms with van der Waals surface area (Å²) in [7, 11) is 0. The highest BCUT2D eigenvalue weighted by Crippen LogP contribution is 2.20. The van der Waals surface area contributed by atoms with Crippen molar-refractivity contribution >= 4 is 11.6 Å². The maximum Gasteiger partial charge on any atom is 0.227 e. The zero-order valence-electron chi connectivity index (χ0n) is 10.9. The van der Waals surface area contributed by atoms with Gasteiger partial charge in [-0.1, -0.05) is 28.9 Å². The molecule has 1 saturated carbocycles. The molecule has 1 N–H and O–H groups in total. The number of rotatable bonds is 6. The summed E-state index contributed by atoms with van der Waals surface area (Å²) < 4.78 is 18.9. The molecule has 3 rings (SSSR count). The van der Waals surface area contributed by atoms with Crippen LogP contribution in [0.1, 0.15) is 30.1 Å². The molecule has 0 atom stereocenters. The van der Waals surface area contributed by atoms with E-state index < -0.39 is 5.82 Å². The Morgan fingerprint density at radius 3 is 3.05 bits per heavy atom. The number of hydrogen-bond acceptors (Lipinski definition) is 4. The average molecular weight is 296 g/mol. The molecular weight excluding hydrogens is 281 g/mol. The Labute approximate surface area is 121 Å². The van der Waals surface area contributed by atoms with Gasteiger partial charge in [-0.2, -0.15) is 4.98 Å². The topological polar surface area (TPSA) is 51.0 Å². The molecule has 1 aromatic carbocycles. The van der Waals surface area contributed by atoms with E-state index in [4.69, 9.17) is 16.1 Å². The zero-order chi connectivity index (χ0) is 13.9. The van der Waals surface area contributed by atoms with Crippen molar-refractivity contribution < 1.29 is 8.91 Å². The highest BCUT2D eigenvalue weighted by atomic mass is 35.5. The predicted octanol–water partition coefficient (Wildman–Crippen LogP) is 2.75. The Bertz CT molecular complexity index is 598. The molecule has 4 nitrogen and oxygen atoms in total. The number of nitrogens with one attached hydrogen (secondary N) is 1. The SMILES string of the molecule is Fc1c(Cl)cccc1Cc1noc(CCNC2CC2)n1. The summed E-state index contributed by atoms with van der Waals surface area (Å²) in [6, 6.07) is 5.57. The Balaban J connectivity index is 1.59. The largest absolute Gasteiger partial charge is 0.339 e. The van der Waals surface area contributed by atoms with Crippen molar-refractivity contribution in [3.05, 3.63) is 46.3 Å². The summed E-state index contributed by atoms with van der Waals surface area (Å²) in [4.78, 5) is 4.27. The van der Waals surface area contributed by atoms with Crippen molar-refractivity contribution in [2.24, 2.45) is 0 Å². The molecule has 0 amide bonds. The second kappa shape index (κ2) is 5.89. The van der Waals surface area contributed by atoms with Gasteiger partial charge in [0.1, 0.15) is 5.82 Å². The zero-order valence-corrected chi connectivity index (χ0v) is 11.7. The second-order valence-corrected chi connectivity index (χ2v) is 5.38. The van der Waals surface area contributed by atoms with E-state index in [1.165, 1.54) is 18.9 Å². The van der Waals surface area contributed by atoms with E-state index in [1.54, 1.807) is 12.1 Å². The first-order chi connectivity index (χ1) is 9.72. The van der Waals surface area contributed by atoms with Gasteiger partial charge in [-0.25, -0.2) is 4.39 Å². The van der Waals surface area contributed by atoms with E-state index in [0.717, 1.165) is 6.54 Å². The molecule has 0 unspecified atom stereocenters. The molecule has 20 heavy (non-hydrogen) atoms. The Morgan fingerprint density at radius 2 is 2.25 bits per heavy atom. The third-order valence-corrected chi connectivity index (χ3v) is 3.53. The monoisotopic (exact) mass is 295 g/mol. The molecule has 0 saturated heterocycles. The first-order valence-corrected chi connectivity index (χ1v) is 7.08. The molecule has 1 aromatic heterocycles. The summed E-state index contributed by atoms with van der Waals surface area (Å²) in [5.41, 5.74) is 0.473. The van der Waals surface area contributed by atoms with Gasteiger partial charge >= 0.3 is 0 Å². The molecule has 0 radical (unpaired) electrons. The normalized spacial score (nSPS) is 14.7. The molecule has 1 heterocycles. The first kappa shape index (κ1) is 13.5. The van der Waals surface area contributed by atoms with Crippen LogP contribution in [0.15, 0.2) is 22.7 Å². The summed E-state index contributed by atoms with van der Waals surface area (Å²) in [6.07, 6.45) is 3.49. The maximum atomic E-state index is 13.8.